The van der Waals surface area contributed by atoms with Crippen molar-refractivity contribution in [2.75, 3.05) is 18.4 Å². The molecule has 2 heterocycles. The van der Waals surface area contributed by atoms with Crippen molar-refractivity contribution in [2.45, 2.75) is 57.2 Å². The van der Waals surface area contributed by atoms with E-state index in [1.54, 1.807) is 12.1 Å². The predicted octanol–water partition coefficient (Wildman–Crippen LogP) is 7.07. The van der Waals surface area contributed by atoms with Gasteiger partial charge in [-0.3, -0.25) is 4.90 Å². The number of fused-ring (bicyclic) bond motifs is 1. The second-order valence-corrected chi connectivity index (χ2v) is 11.1. The Labute approximate surface area is 223 Å². The average Bonchev–Trinajstić information content (AvgIpc) is 2.87. The van der Waals surface area contributed by atoms with Crippen molar-refractivity contribution < 1.29 is 13.9 Å². The van der Waals surface area contributed by atoms with E-state index in [-0.39, 0.29) is 22.5 Å². The van der Waals surface area contributed by atoms with Gasteiger partial charge in [-0.25, -0.2) is 9.18 Å². The lowest BCUT2D eigenvalue weighted by Crippen LogP contribution is -2.45. The van der Waals surface area contributed by atoms with Crippen LogP contribution in [0.1, 0.15) is 55.8 Å². The average molecular weight is 522 g/mol. The largest absolute Gasteiger partial charge is 0.412 e. The molecule has 0 aromatic heterocycles. The minimum absolute atomic E-state index is 0.00317. The summed E-state index contributed by atoms with van der Waals surface area (Å²) in [5, 5.41) is 6.71. The molecule has 0 saturated carbocycles. The molecule has 1 fully saturated rings. The molecule has 1 amide bonds. The SMILES string of the molecule is CC1(C)CC(c2ccc(F)c(Cl)c2)Nc2ccc(OC(=O)NC3CCN(Cc4ccccc4)CC3)cc21. The van der Waals surface area contributed by atoms with Crippen molar-refractivity contribution in [3.8, 4) is 5.75 Å². The molecular formula is C30H33ClFN3O2. The van der Waals surface area contributed by atoms with Crippen LogP contribution in [-0.2, 0) is 12.0 Å². The first-order valence-corrected chi connectivity index (χ1v) is 13.3. The molecule has 5 rings (SSSR count). The molecule has 2 N–H and O–H groups in total. The number of piperidine rings is 1. The van der Waals surface area contributed by atoms with Crippen molar-refractivity contribution in [1.82, 2.24) is 10.2 Å². The molecule has 0 radical (unpaired) electrons. The zero-order valence-corrected chi connectivity index (χ0v) is 22.0. The molecule has 1 atom stereocenters. The van der Waals surface area contributed by atoms with Crippen molar-refractivity contribution >= 4 is 23.4 Å². The molecule has 0 spiro atoms. The number of hydrogen-bond donors (Lipinski definition) is 2. The number of hydrogen-bond acceptors (Lipinski definition) is 4. The maximum atomic E-state index is 13.7. The quantitative estimate of drug-likeness (QED) is 0.377. The van der Waals surface area contributed by atoms with Crippen LogP contribution < -0.4 is 15.4 Å². The van der Waals surface area contributed by atoms with Crippen LogP contribution in [0, 0.1) is 5.82 Å². The number of rotatable bonds is 5. The Kier molecular flexibility index (Phi) is 7.40. The molecule has 7 heteroatoms. The third-order valence-corrected chi connectivity index (χ3v) is 7.77. The number of carbonyl (C=O) groups excluding carboxylic acids is 1. The Balaban J connectivity index is 1.17. The van der Waals surface area contributed by atoms with Crippen LogP contribution >= 0.6 is 11.6 Å². The minimum atomic E-state index is -0.418. The van der Waals surface area contributed by atoms with E-state index in [1.807, 2.05) is 24.3 Å². The third kappa shape index (κ3) is 6.08. The molecule has 2 aliphatic heterocycles. The zero-order valence-electron chi connectivity index (χ0n) is 21.3. The molecule has 1 saturated heterocycles. The summed E-state index contributed by atoms with van der Waals surface area (Å²) >= 11 is 6.02. The summed E-state index contributed by atoms with van der Waals surface area (Å²) in [5.74, 6) is 0.106. The van der Waals surface area contributed by atoms with E-state index in [0.717, 1.165) is 55.7 Å². The van der Waals surface area contributed by atoms with Gasteiger partial charge in [0, 0.05) is 31.4 Å². The molecule has 1 unspecified atom stereocenters. The molecule has 2 aliphatic rings. The van der Waals surface area contributed by atoms with E-state index >= 15 is 0 Å². The number of anilines is 1. The number of nitrogens with zero attached hydrogens (tertiary/aromatic N) is 1. The van der Waals surface area contributed by atoms with Gasteiger partial charge in [0.2, 0.25) is 0 Å². The highest BCUT2D eigenvalue weighted by Crippen LogP contribution is 2.45. The van der Waals surface area contributed by atoms with Gasteiger partial charge in [-0.15, -0.1) is 0 Å². The molecule has 0 bridgehead atoms. The van der Waals surface area contributed by atoms with E-state index in [1.165, 1.54) is 11.6 Å². The highest BCUT2D eigenvalue weighted by Gasteiger charge is 2.34. The zero-order chi connectivity index (χ0) is 26.0. The van der Waals surface area contributed by atoms with Crippen LogP contribution in [-0.4, -0.2) is 30.1 Å². The molecule has 194 valence electrons. The number of carbonyl (C=O) groups is 1. The maximum Gasteiger partial charge on any atom is 0.412 e. The fraction of sp³-hybridized carbons (Fsp3) is 0.367. The van der Waals surface area contributed by atoms with Crippen molar-refractivity contribution in [3.63, 3.8) is 0 Å². The van der Waals surface area contributed by atoms with Gasteiger partial charge in [0.25, 0.3) is 0 Å². The molecule has 0 aliphatic carbocycles. The molecular weight excluding hydrogens is 489 g/mol. The number of amides is 1. The van der Waals surface area contributed by atoms with E-state index in [9.17, 15) is 9.18 Å². The Morgan fingerprint density at radius 2 is 1.86 bits per heavy atom. The maximum absolute atomic E-state index is 13.7. The second kappa shape index (κ2) is 10.7. The fourth-order valence-corrected chi connectivity index (χ4v) is 5.63. The van der Waals surface area contributed by atoms with Crippen LogP contribution in [0.3, 0.4) is 0 Å². The molecule has 5 nitrogen and oxygen atoms in total. The van der Waals surface area contributed by atoms with E-state index in [0.29, 0.717) is 5.75 Å². The first kappa shape index (κ1) is 25.6. The first-order chi connectivity index (χ1) is 17.8. The molecule has 3 aromatic rings. The van der Waals surface area contributed by atoms with Gasteiger partial charge >= 0.3 is 6.09 Å². The summed E-state index contributed by atoms with van der Waals surface area (Å²) in [7, 11) is 0. The summed E-state index contributed by atoms with van der Waals surface area (Å²) in [5.41, 5.74) is 4.12. The number of halogens is 2. The van der Waals surface area contributed by atoms with Gasteiger partial charge in [0.15, 0.2) is 0 Å². The van der Waals surface area contributed by atoms with Crippen LogP contribution in [0.15, 0.2) is 66.7 Å². The van der Waals surface area contributed by atoms with Crippen LogP contribution in [0.5, 0.6) is 5.75 Å². The second-order valence-electron chi connectivity index (χ2n) is 10.7. The fourth-order valence-electron chi connectivity index (χ4n) is 5.44. The van der Waals surface area contributed by atoms with Crippen molar-refractivity contribution in [3.05, 3.63) is 94.3 Å². The molecule has 37 heavy (non-hydrogen) atoms. The normalized spacial score (nSPS) is 19.5. The lowest BCUT2D eigenvalue weighted by Gasteiger charge is -2.39. The van der Waals surface area contributed by atoms with E-state index in [4.69, 9.17) is 16.3 Å². The number of ether oxygens (including phenoxy) is 1. The van der Waals surface area contributed by atoms with E-state index in [2.05, 4.69) is 53.6 Å². The number of likely N-dealkylation sites (tertiary alicyclic amines) is 1. The smallest absolute Gasteiger partial charge is 0.410 e. The minimum Gasteiger partial charge on any atom is -0.410 e. The van der Waals surface area contributed by atoms with Gasteiger partial charge in [-0.2, -0.15) is 0 Å². The van der Waals surface area contributed by atoms with Gasteiger partial charge in [0.1, 0.15) is 11.6 Å². The van der Waals surface area contributed by atoms with Crippen molar-refractivity contribution in [1.29, 1.82) is 0 Å². The van der Waals surface area contributed by atoms with Gasteiger partial charge in [-0.1, -0.05) is 61.8 Å². The Bertz CT molecular complexity index is 1260. The monoisotopic (exact) mass is 521 g/mol. The summed E-state index contributed by atoms with van der Waals surface area (Å²) in [6.07, 6.45) is 2.18. The summed E-state index contributed by atoms with van der Waals surface area (Å²) in [6, 6.07) is 21.1. The Hall–Kier alpha value is -3.09. The van der Waals surface area contributed by atoms with Gasteiger partial charge in [0.05, 0.1) is 11.1 Å². The number of nitrogens with one attached hydrogen (secondary N) is 2. The highest BCUT2D eigenvalue weighted by atomic mass is 35.5. The Morgan fingerprint density at radius 3 is 2.59 bits per heavy atom. The van der Waals surface area contributed by atoms with Crippen LogP contribution in [0.4, 0.5) is 14.9 Å². The topological polar surface area (TPSA) is 53.6 Å². The lowest BCUT2D eigenvalue weighted by atomic mass is 9.74. The van der Waals surface area contributed by atoms with Crippen LogP contribution in [0.25, 0.3) is 0 Å². The van der Waals surface area contributed by atoms with E-state index < -0.39 is 11.9 Å². The Morgan fingerprint density at radius 1 is 1.11 bits per heavy atom. The first-order valence-electron chi connectivity index (χ1n) is 12.9. The van der Waals surface area contributed by atoms with Crippen LogP contribution in [0.2, 0.25) is 5.02 Å². The lowest BCUT2D eigenvalue weighted by molar-refractivity contribution is 0.169. The third-order valence-electron chi connectivity index (χ3n) is 7.48. The standard InChI is InChI=1S/C30H33ClFN3O2/c1-30(2)18-28(21-8-10-26(32)25(31)16-21)34-27-11-9-23(17-24(27)30)37-29(36)33-22-12-14-35(15-13-22)19-20-6-4-3-5-7-20/h3-11,16-17,22,28,34H,12-15,18-19H2,1-2H3,(H,33,36). The summed E-state index contributed by atoms with van der Waals surface area (Å²) in [4.78, 5) is 15.1. The highest BCUT2D eigenvalue weighted by molar-refractivity contribution is 6.30. The van der Waals surface area contributed by atoms with Gasteiger partial charge in [-0.05, 0) is 71.7 Å². The number of benzene rings is 3. The molecule has 3 aromatic carbocycles. The van der Waals surface area contributed by atoms with Gasteiger partial charge < -0.3 is 15.4 Å². The summed E-state index contributed by atoms with van der Waals surface area (Å²) < 4.78 is 19.3. The summed E-state index contributed by atoms with van der Waals surface area (Å²) in [6.45, 7) is 7.15. The predicted molar refractivity (Wildman–Crippen MR) is 146 cm³/mol. The van der Waals surface area contributed by atoms with Crippen molar-refractivity contribution in [2.24, 2.45) is 0 Å².